The molecule has 0 bridgehead atoms. The van der Waals surface area contributed by atoms with Crippen molar-refractivity contribution in [3.8, 4) is 0 Å². The fraction of sp³-hybridized carbons (Fsp3) is 0.500. The summed E-state index contributed by atoms with van der Waals surface area (Å²) in [5.41, 5.74) is 9.02. The molecule has 2 aliphatic rings. The quantitative estimate of drug-likeness (QED) is 0.847. The number of nitrogens with two attached hydrogens (primary N) is 1. The second kappa shape index (κ2) is 4.72. The van der Waals surface area contributed by atoms with E-state index in [1.54, 1.807) is 11.9 Å². The van der Waals surface area contributed by atoms with Gasteiger partial charge in [0.25, 0.3) is 0 Å². The standard InChI is InChI=1S/C14H19N3OS/c1-9-8-17(5-6-19-9)10-3-4-11-12(7-10)16(2)14(18)13(11)15/h3-4,7,9,13H,5-6,8,15H2,1-2H3. The van der Waals surface area contributed by atoms with E-state index >= 15 is 0 Å². The number of thioether (sulfide) groups is 1. The summed E-state index contributed by atoms with van der Waals surface area (Å²) in [6, 6.07) is 5.70. The molecule has 0 aliphatic carbocycles. The van der Waals surface area contributed by atoms with E-state index in [1.807, 2.05) is 17.8 Å². The summed E-state index contributed by atoms with van der Waals surface area (Å²) in [4.78, 5) is 16.0. The summed E-state index contributed by atoms with van der Waals surface area (Å²) in [7, 11) is 1.80. The minimum absolute atomic E-state index is 0.0188. The summed E-state index contributed by atoms with van der Waals surface area (Å²) in [6.07, 6.45) is 0. The molecule has 2 aliphatic heterocycles. The number of hydrogen-bond donors (Lipinski definition) is 1. The number of anilines is 2. The molecule has 0 spiro atoms. The monoisotopic (exact) mass is 277 g/mol. The van der Waals surface area contributed by atoms with Gasteiger partial charge in [-0.25, -0.2) is 0 Å². The number of benzene rings is 1. The normalized spacial score (nSPS) is 26.8. The predicted octanol–water partition coefficient (Wildman–Crippen LogP) is 1.60. The van der Waals surface area contributed by atoms with Crippen molar-refractivity contribution < 1.29 is 4.79 Å². The number of amides is 1. The van der Waals surface area contributed by atoms with Gasteiger partial charge in [-0.15, -0.1) is 0 Å². The summed E-state index contributed by atoms with van der Waals surface area (Å²) in [5, 5.41) is 0.656. The summed E-state index contributed by atoms with van der Waals surface area (Å²) in [6.45, 7) is 4.39. The molecule has 0 radical (unpaired) electrons. The van der Waals surface area contributed by atoms with Gasteiger partial charge in [0.2, 0.25) is 5.91 Å². The Morgan fingerprint density at radius 2 is 2.21 bits per heavy atom. The summed E-state index contributed by atoms with van der Waals surface area (Å²) in [5.74, 6) is 1.14. The highest BCUT2D eigenvalue weighted by Crippen LogP contribution is 2.37. The lowest BCUT2D eigenvalue weighted by Gasteiger charge is -2.32. The van der Waals surface area contributed by atoms with Gasteiger partial charge in [0.1, 0.15) is 6.04 Å². The van der Waals surface area contributed by atoms with Crippen molar-refractivity contribution in [1.82, 2.24) is 0 Å². The van der Waals surface area contributed by atoms with Crippen molar-refractivity contribution in [2.45, 2.75) is 18.2 Å². The molecular formula is C14H19N3OS. The van der Waals surface area contributed by atoms with E-state index in [9.17, 15) is 4.79 Å². The van der Waals surface area contributed by atoms with E-state index in [0.717, 1.165) is 30.1 Å². The van der Waals surface area contributed by atoms with Crippen LogP contribution in [0.25, 0.3) is 0 Å². The maximum atomic E-state index is 11.9. The maximum Gasteiger partial charge on any atom is 0.248 e. The molecule has 2 unspecified atom stereocenters. The number of hydrogen-bond acceptors (Lipinski definition) is 4. The Balaban J connectivity index is 1.92. The van der Waals surface area contributed by atoms with Gasteiger partial charge < -0.3 is 15.5 Å². The van der Waals surface area contributed by atoms with E-state index in [-0.39, 0.29) is 5.91 Å². The first-order chi connectivity index (χ1) is 9.08. The molecule has 102 valence electrons. The lowest BCUT2D eigenvalue weighted by molar-refractivity contribution is -0.118. The molecule has 19 heavy (non-hydrogen) atoms. The first kappa shape index (κ1) is 12.8. The number of carbonyl (C=O) groups excluding carboxylic acids is 1. The molecule has 2 atom stereocenters. The fourth-order valence-electron chi connectivity index (χ4n) is 2.80. The molecule has 2 N–H and O–H groups in total. The zero-order valence-corrected chi connectivity index (χ0v) is 12.1. The highest BCUT2D eigenvalue weighted by atomic mass is 32.2. The molecular weight excluding hydrogens is 258 g/mol. The molecule has 1 aromatic carbocycles. The lowest BCUT2D eigenvalue weighted by atomic mass is 10.1. The third-order valence-electron chi connectivity index (χ3n) is 3.91. The van der Waals surface area contributed by atoms with Crippen LogP contribution in [-0.2, 0) is 4.79 Å². The van der Waals surface area contributed by atoms with Crippen LogP contribution in [0.1, 0.15) is 18.5 Å². The average molecular weight is 277 g/mol. The zero-order chi connectivity index (χ0) is 13.6. The number of rotatable bonds is 1. The zero-order valence-electron chi connectivity index (χ0n) is 11.3. The highest BCUT2D eigenvalue weighted by molar-refractivity contribution is 8.00. The van der Waals surface area contributed by atoms with Gasteiger partial charge in [-0.2, -0.15) is 11.8 Å². The van der Waals surface area contributed by atoms with Crippen LogP contribution in [0.5, 0.6) is 0 Å². The number of likely N-dealkylation sites (N-methyl/N-ethyl adjacent to an activating group) is 1. The minimum Gasteiger partial charge on any atom is -0.370 e. The SMILES string of the molecule is CC1CN(c2ccc3c(c2)N(C)C(=O)C3N)CCS1. The molecule has 3 rings (SSSR count). The van der Waals surface area contributed by atoms with Gasteiger partial charge in [0.05, 0.1) is 5.69 Å². The van der Waals surface area contributed by atoms with Gasteiger partial charge in [-0.3, -0.25) is 4.79 Å². The summed E-state index contributed by atoms with van der Waals surface area (Å²) < 4.78 is 0. The second-order valence-electron chi connectivity index (χ2n) is 5.25. The first-order valence-electron chi connectivity index (χ1n) is 6.61. The number of nitrogens with zero attached hydrogens (tertiary/aromatic N) is 2. The fourth-order valence-corrected chi connectivity index (χ4v) is 3.81. The Morgan fingerprint density at radius 1 is 1.42 bits per heavy atom. The lowest BCUT2D eigenvalue weighted by Crippen LogP contribution is -2.36. The molecule has 1 saturated heterocycles. The van der Waals surface area contributed by atoms with Crippen LogP contribution in [0.4, 0.5) is 11.4 Å². The average Bonchev–Trinajstić information content (AvgIpc) is 2.64. The van der Waals surface area contributed by atoms with Crippen molar-refractivity contribution in [3.63, 3.8) is 0 Å². The number of carbonyl (C=O) groups is 1. The molecule has 0 aromatic heterocycles. The van der Waals surface area contributed by atoms with Crippen LogP contribution >= 0.6 is 11.8 Å². The van der Waals surface area contributed by atoms with Gasteiger partial charge in [0, 0.05) is 42.4 Å². The van der Waals surface area contributed by atoms with Crippen molar-refractivity contribution >= 4 is 29.0 Å². The molecule has 1 aromatic rings. The van der Waals surface area contributed by atoms with Crippen LogP contribution < -0.4 is 15.5 Å². The van der Waals surface area contributed by atoms with Crippen molar-refractivity contribution in [2.24, 2.45) is 5.73 Å². The van der Waals surface area contributed by atoms with E-state index < -0.39 is 6.04 Å². The van der Waals surface area contributed by atoms with E-state index in [2.05, 4.69) is 24.0 Å². The van der Waals surface area contributed by atoms with Crippen LogP contribution in [-0.4, -0.2) is 37.0 Å². The van der Waals surface area contributed by atoms with Crippen LogP contribution in [0.15, 0.2) is 18.2 Å². The topological polar surface area (TPSA) is 49.6 Å². The van der Waals surface area contributed by atoms with E-state index in [0.29, 0.717) is 5.25 Å². The molecule has 0 saturated carbocycles. The Labute approximate surface area is 117 Å². The predicted molar refractivity (Wildman–Crippen MR) is 80.9 cm³/mol. The van der Waals surface area contributed by atoms with E-state index in [1.165, 1.54) is 5.69 Å². The molecule has 2 heterocycles. The van der Waals surface area contributed by atoms with Crippen molar-refractivity contribution in [2.75, 3.05) is 35.7 Å². The Morgan fingerprint density at radius 3 is 2.95 bits per heavy atom. The second-order valence-corrected chi connectivity index (χ2v) is 6.79. The maximum absolute atomic E-state index is 11.9. The Hall–Kier alpha value is -1.20. The summed E-state index contributed by atoms with van der Waals surface area (Å²) >= 11 is 2.02. The Kier molecular flexibility index (Phi) is 3.19. The van der Waals surface area contributed by atoms with Gasteiger partial charge in [0.15, 0.2) is 0 Å². The highest BCUT2D eigenvalue weighted by Gasteiger charge is 2.32. The van der Waals surface area contributed by atoms with Gasteiger partial charge in [-0.05, 0) is 12.1 Å². The van der Waals surface area contributed by atoms with Gasteiger partial charge >= 0.3 is 0 Å². The molecule has 1 amide bonds. The Bertz CT molecular complexity index is 519. The molecule has 5 heteroatoms. The largest absolute Gasteiger partial charge is 0.370 e. The van der Waals surface area contributed by atoms with Crippen LogP contribution in [0, 0.1) is 0 Å². The smallest absolute Gasteiger partial charge is 0.248 e. The number of fused-ring (bicyclic) bond motifs is 1. The minimum atomic E-state index is -0.495. The van der Waals surface area contributed by atoms with Crippen LogP contribution in [0.2, 0.25) is 0 Å². The third-order valence-corrected chi connectivity index (χ3v) is 5.05. The molecule has 1 fully saturated rings. The van der Waals surface area contributed by atoms with Crippen molar-refractivity contribution in [3.05, 3.63) is 23.8 Å². The molecule has 4 nitrogen and oxygen atoms in total. The van der Waals surface area contributed by atoms with Crippen molar-refractivity contribution in [1.29, 1.82) is 0 Å². The van der Waals surface area contributed by atoms with Gasteiger partial charge in [-0.1, -0.05) is 13.0 Å². The van der Waals surface area contributed by atoms with Crippen LogP contribution in [0.3, 0.4) is 0 Å². The third kappa shape index (κ3) is 2.11. The first-order valence-corrected chi connectivity index (χ1v) is 7.66. The van der Waals surface area contributed by atoms with E-state index in [4.69, 9.17) is 5.73 Å².